The number of rotatable bonds is 3. The van der Waals surface area contributed by atoms with Crippen LogP contribution in [0.4, 0.5) is 0 Å². The zero-order valence-corrected chi connectivity index (χ0v) is 12.6. The number of hydrogen-bond donors (Lipinski definition) is 0. The van der Waals surface area contributed by atoms with Gasteiger partial charge < -0.3 is 0 Å². The molecular formula is C17H17NO2S. The highest BCUT2D eigenvalue weighted by molar-refractivity contribution is 7.89. The molecule has 21 heavy (non-hydrogen) atoms. The maximum absolute atomic E-state index is 12.8. The highest BCUT2D eigenvalue weighted by Gasteiger charge is 2.31. The maximum Gasteiger partial charge on any atom is 0.264 e. The molecule has 2 aromatic rings. The largest absolute Gasteiger partial charge is 0.266 e. The van der Waals surface area contributed by atoms with Crippen molar-refractivity contribution in [3.05, 3.63) is 78.0 Å². The molecular weight excluding hydrogens is 282 g/mol. The Balaban J connectivity index is 1.98. The molecule has 0 amide bonds. The van der Waals surface area contributed by atoms with E-state index in [2.05, 4.69) is 0 Å². The Morgan fingerprint density at radius 3 is 2.33 bits per heavy atom. The molecule has 108 valence electrons. The van der Waals surface area contributed by atoms with Crippen molar-refractivity contribution >= 4 is 10.0 Å². The molecule has 0 saturated heterocycles. The molecule has 0 aliphatic carbocycles. The molecule has 0 fully saturated rings. The van der Waals surface area contributed by atoms with Crippen LogP contribution in [0.25, 0.3) is 0 Å². The lowest BCUT2D eigenvalue weighted by Gasteiger charge is -2.25. The van der Waals surface area contributed by atoms with Gasteiger partial charge in [0.25, 0.3) is 10.0 Å². The van der Waals surface area contributed by atoms with Crippen molar-refractivity contribution < 1.29 is 8.42 Å². The molecule has 0 spiro atoms. The number of nitrogens with zero attached hydrogens (tertiary/aromatic N) is 1. The van der Waals surface area contributed by atoms with Crippen LogP contribution in [0, 0.1) is 6.92 Å². The van der Waals surface area contributed by atoms with Gasteiger partial charge in [-0.1, -0.05) is 54.1 Å². The second-order valence-electron chi connectivity index (χ2n) is 5.19. The molecule has 1 aliphatic rings. The predicted octanol–water partition coefficient (Wildman–Crippen LogP) is 3.64. The summed E-state index contributed by atoms with van der Waals surface area (Å²) in [7, 11) is -3.51. The minimum Gasteiger partial charge on any atom is -0.266 e. The Labute approximate surface area is 125 Å². The van der Waals surface area contributed by atoms with E-state index in [9.17, 15) is 8.42 Å². The fourth-order valence-electron chi connectivity index (χ4n) is 2.54. The van der Waals surface area contributed by atoms with Crippen LogP contribution in [0.1, 0.15) is 23.6 Å². The zero-order valence-electron chi connectivity index (χ0n) is 11.8. The average molecular weight is 299 g/mol. The molecule has 0 bridgehead atoms. The van der Waals surface area contributed by atoms with E-state index >= 15 is 0 Å². The van der Waals surface area contributed by atoms with Gasteiger partial charge in [0, 0.05) is 6.20 Å². The van der Waals surface area contributed by atoms with Crippen LogP contribution in [0.5, 0.6) is 0 Å². The Morgan fingerprint density at radius 1 is 1.00 bits per heavy atom. The van der Waals surface area contributed by atoms with Crippen LogP contribution >= 0.6 is 0 Å². The van der Waals surface area contributed by atoms with Gasteiger partial charge in [0.1, 0.15) is 0 Å². The fourth-order valence-corrected chi connectivity index (χ4v) is 4.05. The summed E-state index contributed by atoms with van der Waals surface area (Å²) >= 11 is 0. The highest BCUT2D eigenvalue weighted by Crippen LogP contribution is 2.34. The van der Waals surface area contributed by atoms with Gasteiger partial charge in [-0.3, -0.25) is 4.31 Å². The third-order valence-electron chi connectivity index (χ3n) is 3.70. The van der Waals surface area contributed by atoms with Gasteiger partial charge in [0.2, 0.25) is 0 Å². The Morgan fingerprint density at radius 2 is 1.67 bits per heavy atom. The van der Waals surface area contributed by atoms with Crippen LogP contribution in [0.3, 0.4) is 0 Å². The second-order valence-corrected chi connectivity index (χ2v) is 7.04. The van der Waals surface area contributed by atoms with Gasteiger partial charge in [-0.05, 0) is 31.0 Å². The number of hydrogen-bond acceptors (Lipinski definition) is 2. The molecule has 1 unspecified atom stereocenters. The Hall–Kier alpha value is -2.07. The third-order valence-corrected chi connectivity index (χ3v) is 5.50. The van der Waals surface area contributed by atoms with Crippen molar-refractivity contribution in [1.29, 1.82) is 0 Å². The van der Waals surface area contributed by atoms with E-state index in [4.69, 9.17) is 0 Å². The van der Waals surface area contributed by atoms with Crippen LogP contribution < -0.4 is 0 Å². The normalized spacial score (nSPS) is 18.1. The summed E-state index contributed by atoms with van der Waals surface area (Å²) in [4.78, 5) is 0.334. The van der Waals surface area contributed by atoms with Gasteiger partial charge in [-0.2, -0.15) is 0 Å². The summed E-state index contributed by atoms with van der Waals surface area (Å²) in [5.41, 5.74) is 2.06. The van der Waals surface area contributed by atoms with Gasteiger partial charge >= 0.3 is 0 Å². The second kappa shape index (κ2) is 5.37. The van der Waals surface area contributed by atoms with Crippen LogP contribution in [0.2, 0.25) is 0 Å². The Bertz CT molecular complexity index is 749. The third kappa shape index (κ3) is 2.59. The molecule has 0 aromatic heterocycles. The van der Waals surface area contributed by atoms with E-state index in [0.717, 1.165) is 11.1 Å². The predicted molar refractivity (Wildman–Crippen MR) is 83.1 cm³/mol. The van der Waals surface area contributed by atoms with E-state index in [1.807, 2.05) is 55.5 Å². The average Bonchev–Trinajstić information content (AvgIpc) is 2.99. The molecule has 3 nitrogen and oxygen atoms in total. The smallest absolute Gasteiger partial charge is 0.264 e. The summed E-state index contributed by atoms with van der Waals surface area (Å²) < 4.78 is 27.1. The molecule has 1 aliphatic heterocycles. The SMILES string of the molecule is Cc1ccc(S(=O)(=O)N2C=CCC2c2ccccc2)cc1. The minimum atomic E-state index is -3.51. The zero-order chi connectivity index (χ0) is 14.9. The first-order valence-electron chi connectivity index (χ1n) is 6.91. The van der Waals surface area contributed by atoms with Crippen molar-refractivity contribution in [1.82, 2.24) is 4.31 Å². The lowest BCUT2D eigenvalue weighted by atomic mass is 10.1. The standard InChI is InChI=1S/C17H17NO2S/c1-14-9-11-16(12-10-14)21(19,20)18-13-5-8-17(18)15-6-3-2-4-7-15/h2-7,9-13,17H,8H2,1H3. The van der Waals surface area contributed by atoms with Gasteiger partial charge in [0.15, 0.2) is 0 Å². The summed E-state index contributed by atoms with van der Waals surface area (Å²) in [5, 5.41) is 0. The topological polar surface area (TPSA) is 37.4 Å². The van der Waals surface area contributed by atoms with Crippen molar-refractivity contribution in [2.24, 2.45) is 0 Å². The van der Waals surface area contributed by atoms with Crippen molar-refractivity contribution in [3.8, 4) is 0 Å². The molecule has 0 saturated carbocycles. The summed E-state index contributed by atoms with van der Waals surface area (Å²) in [6.07, 6.45) is 4.28. The van der Waals surface area contributed by atoms with Crippen molar-refractivity contribution in [2.75, 3.05) is 0 Å². The number of sulfonamides is 1. The highest BCUT2D eigenvalue weighted by atomic mass is 32.2. The monoisotopic (exact) mass is 299 g/mol. The summed E-state index contributed by atoms with van der Waals surface area (Å²) in [5.74, 6) is 0. The van der Waals surface area contributed by atoms with Gasteiger partial charge in [0.05, 0.1) is 10.9 Å². The van der Waals surface area contributed by atoms with Gasteiger partial charge in [-0.15, -0.1) is 0 Å². The van der Waals surface area contributed by atoms with E-state index in [-0.39, 0.29) is 6.04 Å². The first kappa shape index (κ1) is 13.9. The molecule has 0 N–H and O–H groups in total. The van der Waals surface area contributed by atoms with Crippen LogP contribution in [0.15, 0.2) is 71.8 Å². The lowest BCUT2D eigenvalue weighted by molar-refractivity contribution is 0.434. The van der Waals surface area contributed by atoms with E-state index in [1.54, 1.807) is 18.3 Å². The van der Waals surface area contributed by atoms with Crippen LogP contribution in [-0.4, -0.2) is 12.7 Å². The summed E-state index contributed by atoms with van der Waals surface area (Å²) in [6.45, 7) is 1.94. The first-order valence-corrected chi connectivity index (χ1v) is 8.35. The van der Waals surface area contributed by atoms with E-state index in [1.165, 1.54) is 4.31 Å². The van der Waals surface area contributed by atoms with Crippen LogP contribution in [-0.2, 0) is 10.0 Å². The molecule has 1 heterocycles. The molecule has 2 aromatic carbocycles. The maximum atomic E-state index is 12.8. The Kier molecular flexibility index (Phi) is 3.55. The molecule has 3 rings (SSSR count). The molecule has 1 atom stereocenters. The van der Waals surface area contributed by atoms with Crippen molar-refractivity contribution in [3.63, 3.8) is 0 Å². The number of aryl methyl sites for hydroxylation is 1. The van der Waals surface area contributed by atoms with Gasteiger partial charge in [-0.25, -0.2) is 8.42 Å². The minimum absolute atomic E-state index is 0.155. The molecule has 0 radical (unpaired) electrons. The van der Waals surface area contributed by atoms with E-state index in [0.29, 0.717) is 11.3 Å². The quantitative estimate of drug-likeness (QED) is 0.867. The fraction of sp³-hybridized carbons (Fsp3) is 0.176. The number of benzene rings is 2. The summed E-state index contributed by atoms with van der Waals surface area (Å²) in [6, 6.07) is 16.6. The van der Waals surface area contributed by atoms with Crippen molar-refractivity contribution in [2.45, 2.75) is 24.3 Å². The molecule has 4 heteroatoms. The first-order chi connectivity index (χ1) is 10.1. The van der Waals surface area contributed by atoms with E-state index < -0.39 is 10.0 Å². The lowest BCUT2D eigenvalue weighted by Crippen LogP contribution is -2.27.